The maximum absolute atomic E-state index is 12.4. The van der Waals surface area contributed by atoms with Crippen molar-refractivity contribution in [1.82, 2.24) is 4.90 Å². The molecular weight excluding hydrogens is 410 g/mol. The highest BCUT2D eigenvalue weighted by molar-refractivity contribution is 5.72. The molecule has 0 saturated heterocycles. The average molecular weight is 452 g/mol. The predicted molar refractivity (Wildman–Crippen MR) is 125 cm³/mol. The Labute approximate surface area is 193 Å². The van der Waals surface area contributed by atoms with Gasteiger partial charge in [-0.15, -0.1) is 0 Å². The van der Waals surface area contributed by atoms with E-state index in [2.05, 4.69) is 6.92 Å². The molecule has 7 nitrogen and oxygen atoms in total. The molecular formula is C25H41NO6. The molecule has 0 fully saturated rings. The number of ether oxygens (including phenoxy) is 3. The second-order valence-electron chi connectivity index (χ2n) is 7.85. The van der Waals surface area contributed by atoms with Gasteiger partial charge in [-0.3, -0.25) is 0 Å². The zero-order chi connectivity index (χ0) is 23.6. The van der Waals surface area contributed by atoms with Gasteiger partial charge in [-0.25, -0.2) is 9.59 Å². The van der Waals surface area contributed by atoms with Crippen LogP contribution in [0.25, 0.3) is 0 Å². The van der Waals surface area contributed by atoms with Gasteiger partial charge in [-0.1, -0.05) is 58.1 Å². The minimum Gasteiger partial charge on any atom is -0.492 e. The maximum Gasteiger partial charge on any atom is 0.409 e. The number of hydrogen-bond acceptors (Lipinski definition) is 5. The quantitative estimate of drug-likeness (QED) is 0.305. The molecule has 7 heteroatoms. The minimum absolute atomic E-state index is 0.282. The molecule has 1 aromatic rings. The Morgan fingerprint density at radius 1 is 0.906 bits per heavy atom. The Bertz CT molecular complexity index is 634. The molecule has 1 N–H and O–H groups in total. The van der Waals surface area contributed by atoms with Crippen molar-refractivity contribution in [3.8, 4) is 5.75 Å². The fourth-order valence-electron chi connectivity index (χ4n) is 3.29. The Morgan fingerprint density at radius 3 is 2.22 bits per heavy atom. The number of nitrogens with zero attached hydrogens (tertiary/aromatic N) is 1. The Morgan fingerprint density at radius 2 is 1.59 bits per heavy atom. The molecule has 1 unspecified atom stereocenters. The summed E-state index contributed by atoms with van der Waals surface area (Å²) in [5, 5.41) is 9.21. The van der Waals surface area contributed by atoms with Crippen molar-refractivity contribution in [1.29, 1.82) is 0 Å². The zero-order valence-corrected chi connectivity index (χ0v) is 20.0. The first kappa shape index (κ1) is 27.8. The van der Waals surface area contributed by atoms with Crippen LogP contribution in [-0.4, -0.2) is 61.1 Å². The number of amides is 1. The van der Waals surface area contributed by atoms with Crippen LogP contribution in [0.5, 0.6) is 5.75 Å². The lowest BCUT2D eigenvalue weighted by Crippen LogP contribution is -2.36. The second-order valence-corrected chi connectivity index (χ2v) is 7.85. The number of aliphatic carboxylic acids is 1. The molecule has 0 aliphatic heterocycles. The molecule has 1 amide bonds. The van der Waals surface area contributed by atoms with Gasteiger partial charge in [-0.05, 0) is 37.5 Å². The number of carboxylic acid groups (broad SMARTS) is 1. The van der Waals surface area contributed by atoms with Crippen molar-refractivity contribution >= 4 is 12.1 Å². The lowest BCUT2D eigenvalue weighted by atomic mass is 10.1. The van der Waals surface area contributed by atoms with Gasteiger partial charge in [0.15, 0.2) is 6.10 Å². The first-order valence-electron chi connectivity index (χ1n) is 12.0. The standard InChI is InChI=1S/C25H41NO6/c1-4-7-8-9-10-11-16-26(25(29)32-18-5-2)17-19-31-22-14-12-21(13-15-22)20-23(24(27)28)30-6-3/h12-15,23H,4-11,16-20H2,1-3H3,(H,27,28). The molecule has 0 bridgehead atoms. The number of carbonyl (C=O) groups excluding carboxylic acids is 1. The van der Waals surface area contributed by atoms with E-state index in [1.54, 1.807) is 11.8 Å². The van der Waals surface area contributed by atoms with Gasteiger partial charge in [0.2, 0.25) is 0 Å². The van der Waals surface area contributed by atoms with Crippen LogP contribution >= 0.6 is 0 Å². The zero-order valence-electron chi connectivity index (χ0n) is 20.0. The van der Waals surface area contributed by atoms with Crippen LogP contribution in [0.15, 0.2) is 24.3 Å². The van der Waals surface area contributed by atoms with Gasteiger partial charge in [0.25, 0.3) is 0 Å². The molecule has 0 aromatic heterocycles. The van der Waals surface area contributed by atoms with Crippen molar-refractivity contribution < 1.29 is 28.9 Å². The van der Waals surface area contributed by atoms with Gasteiger partial charge in [-0.2, -0.15) is 0 Å². The average Bonchev–Trinajstić information content (AvgIpc) is 2.79. The number of rotatable bonds is 18. The molecule has 1 aromatic carbocycles. The van der Waals surface area contributed by atoms with E-state index in [1.165, 1.54) is 25.7 Å². The van der Waals surface area contributed by atoms with Crippen LogP contribution in [0.1, 0.15) is 71.3 Å². The van der Waals surface area contributed by atoms with E-state index < -0.39 is 12.1 Å². The summed E-state index contributed by atoms with van der Waals surface area (Å²) in [6, 6.07) is 7.31. The number of unbranched alkanes of at least 4 members (excludes halogenated alkanes) is 5. The highest BCUT2D eigenvalue weighted by Gasteiger charge is 2.18. The summed E-state index contributed by atoms with van der Waals surface area (Å²) < 4.78 is 16.4. The largest absolute Gasteiger partial charge is 0.492 e. The monoisotopic (exact) mass is 451 g/mol. The Kier molecular flexibility index (Phi) is 15.0. The van der Waals surface area contributed by atoms with Crippen molar-refractivity contribution in [3.63, 3.8) is 0 Å². The van der Waals surface area contributed by atoms with E-state index in [0.29, 0.717) is 45.1 Å². The van der Waals surface area contributed by atoms with Gasteiger partial charge in [0, 0.05) is 19.6 Å². The fraction of sp³-hybridized carbons (Fsp3) is 0.680. The second kappa shape index (κ2) is 17.3. The number of hydrogen-bond donors (Lipinski definition) is 1. The third-order valence-electron chi connectivity index (χ3n) is 5.09. The molecule has 32 heavy (non-hydrogen) atoms. The minimum atomic E-state index is -0.965. The molecule has 0 spiro atoms. The first-order valence-corrected chi connectivity index (χ1v) is 12.0. The lowest BCUT2D eigenvalue weighted by molar-refractivity contribution is -0.149. The Hall–Kier alpha value is -2.28. The first-order chi connectivity index (χ1) is 15.5. The SMILES string of the molecule is CCCCCCCCN(CCOc1ccc(CC(OCC)C(=O)O)cc1)C(=O)OCCC. The topological polar surface area (TPSA) is 85.3 Å². The van der Waals surface area contributed by atoms with E-state index in [0.717, 1.165) is 24.8 Å². The fourth-order valence-corrected chi connectivity index (χ4v) is 3.29. The molecule has 0 saturated carbocycles. The maximum atomic E-state index is 12.4. The van der Waals surface area contributed by atoms with E-state index in [-0.39, 0.29) is 6.09 Å². The number of carboxylic acids is 1. The van der Waals surface area contributed by atoms with E-state index in [9.17, 15) is 14.7 Å². The molecule has 1 atom stereocenters. The lowest BCUT2D eigenvalue weighted by Gasteiger charge is -2.22. The summed E-state index contributed by atoms with van der Waals surface area (Å²) in [6.07, 6.45) is 6.96. The van der Waals surface area contributed by atoms with Gasteiger partial charge >= 0.3 is 12.1 Å². The van der Waals surface area contributed by atoms with E-state index >= 15 is 0 Å². The van der Waals surface area contributed by atoms with E-state index in [4.69, 9.17) is 14.2 Å². The molecule has 0 aliphatic rings. The van der Waals surface area contributed by atoms with Crippen LogP contribution in [0, 0.1) is 0 Å². The van der Waals surface area contributed by atoms with Crippen LogP contribution < -0.4 is 4.74 Å². The van der Waals surface area contributed by atoms with Crippen LogP contribution in [0.4, 0.5) is 4.79 Å². The highest BCUT2D eigenvalue weighted by atomic mass is 16.6. The van der Waals surface area contributed by atoms with Crippen LogP contribution in [0.2, 0.25) is 0 Å². The van der Waals surface area contributed by atoms with Crippen molar-refractivity contribution in [3.05, 3.63) is 29.8 Å². The normalized spacial score (nSPS) is 11.7. The summed E-state index contributed by atoms with van der Waals surface area (Å²) in [5.74, 6) is -0.286. The molecule has 0 radical (unpaired) electrons. The molecule has 182 valence electrons. The van der Waals surface area contributed by atoms with Crippen LogP contribution in [0.3, 0.4) is 0 Å². The summed E-state index contributed by atoms with van der Waals surface area (Å²) >= 11 is 0. The van der Waals surface area contributed by atoms with Gasteiger partial charge < -0.3 is 24.2 Å². The predicted octanol–water partition coefficient (Wildman–Crippen LogP) is 5.31. The van der Waals surface area contributed by atoms with Gasteiger partial charge in [0.1, 0.15) is 12.4 Å². The third-order valence-corrected chi connectivity index (χ3v) is 5.09. The molecule has 1 rings (SSSR count). The molecule has 0 heterocycles. The number of benzene rings is 1. The van der Waals surface area contributed by atoms with Crippen LogP contribution in [-0.2, 0) is 20.7 Å². The molecule has 0 aliphatic carbocycles. The number of carbonyl (C=O) groups is 2. The highest BCUT2D eigenvalue weighted by Crippen LogP contribution is 2.15. The van der Waals surface area contributed by atoms with E-state index in [1.807, 2.05) is 31.2 Å². The van der Waals surface area contributed by atoms with Gasteiger partial charge in [0.05, 0.1) is 13.2 Å². The summed E-state index contributed by atoms with van der Waals surface area (Å²) in [7, 11) is 0. The smallest absolute Gasteiger partial charge is 0.409 e. The summed E-state index contributed by atoms with van der Waals surface area (Å²) in [4.78, 5) is 25.3. The summed E-state index contributed by atoms with van der Waals surface area (Å²) in [5.41, 5.74) is 0.867. The summed E-state index contributed by atoms with van der Waals surface area (Å²) in [6.45, 7) is 8.24. The van der Waals surface area contributed by atoms with Crippen molar-refractivity contribution in [2.45, 2.75) is 78.2 Å². The third kappa shape index (κ3) is 11.9. The van der Waals surface area contributed by atoms with Crippen molar-refractivity contribution in [2.24, 2.45) is 0 Å². The van der Waals surface area contributed by atoms with Crippen molar-refractivity contribution in [2.75, 3.05) is 32.9 Å². The Balaban J connectivity index is 2.49.